The number of anilines is 1. The van der Waals surface area contributed by atoms with E-state index in [1.54, 1.807) is 11.3 Å². The fourth-order valence-corrected chi connectivity index (χ4v) is 3.38. The van der Waals surface area contributed by atoms with Gasteiger partial charge in [0, 0.05) is 23.0 Å². The number of rotatable bonds is 6. The number of benzene rings is 1. The molecular weight excluding hydrogens is 280 g/mol. The summed E-state index contributed by atoms with van der Waals surface area (Å²) in [6, 6.07) is 8.06. The first-order chi connectivity index (χ1) is 10.1. The van der Waals surface area contributed by atoms with E-state index in [-0.39, 0.29) is 11.9 Å². The Balaban J connectivity index is 2.28. The van der Waals surface area contributed by atoms with Crippen molar-refractivity contribution >= 4 is 33.0 Å². The largest absolute Gasteiger partial charge is 0.399 e. The number of hydrogen-bond donors (Lipinski definition) is 1. The second-order valence-corrected chi connectivity index (χ2v) is 6.60. The van der Waals surface area contributed by atoms with Crippen LogP contribution in [0.2, 0.25) is 0 Å². The molecule has 0 saturated carbocycles. The van der Waals surface area contributed by atoms with Crippen molar-refractivity contribution in [1.82, 2.24) is 4.90 Å². The second kappa shape index (κ2) is 6.94. The number of unbranched alkanes of at least 4 members (excludes halogenated alkanes) is 1. The Morgan fingerprint density at radius 3 is 2.76 bits per heavy atom. The van der Waals surface area contributed by atoms with Crippen LogP contribution in [0.15, 0.2) is 24.3 Å². The number of carbonyl (C=O) groups is 1. The second-order valence-electron chi connectivity index (χ2n) is 5.52. The number of hydrogen-bond acceptors (Lipinski definition) is 3. The molecule has 0 spiro atoms. The molecule has 0 aliphatic heterocycles. The molecule has 114 valence electrons. The van der Waals surface area contributed by atoms with Crippen LogP contribution in [-0.4, -0.2) is 23.4 Å². The van der Waals surface area contributed by atoms with Gasteiger partial charge >= 0.3 is 0 Å². The van der Waals surface area contributed by atoms with Gasteiger partial charge in [0.05, 0.1) is 4.88 Å². The first-order valence-corrected chi connectivity index (χ1v) is 8.48. The van der Waals surface area contributed by atoms with Gasteiger partial charge in [0.15, 0.2) is 0 Å². The fraction of sp³-hybridized carbons (Fsp3) is 0.471. The van der Waals surface area contributed by atoms with Crippen molar-refractivity contribution in [1.29, 1.82) is 0 Å². The predicted molar refractivity (Wildman–Crippen MR) is 91.9 cm³/mol. The van der Waals surface area contributed by atoms with Crippen LogP contribution in [0.5, 0.6) is 0 Å². The molecule has 1 atom stereocenters. The van der Waals surface area contributed by atoms with Crippen molar-refractivity contribution in [3.8, 4) is 0 Å². The zero-order valence-corrected chi connectivity index (χ0v) is 13.9. The average Bonchev–Trinajstić information content (AvgIpc) is 2.89. The van der Waals surface area contributed by atoms with E-state index in [0.29, 0.717) is 0 Å². The highest BCUT2D eigenvalue weighted by Gasteiger charge is 2.21. The van der Waals surface area contributed by atoms with Gasteiger partial charge in [0.1, 0.15) is 0 Å². The molecular formula is C17H24N2OS. The number of nitrogens with two attached hydrogens (primary N) is 1. The normalized spacial score (nSPS) is 12.5. The molecule has 2 rings (SSSR count). The van der Waals surface area contributed by atoms with Gasteiger partial charge in [-0.3, -0.25) is 4.79 Å². The zero-order valence-electron chi connectivity index (χ0n) is 13.1. The van der Waals surface area contributed by atoms with E-state index < -0.39 is 0 Å². The molecule has 4 heteroatoms. The van der Waals surface area contributed by atoms with Crippen molar-refractivity contribution in [2.24, 2.45) is 0 Å². The van der Waals surface area contributed by atoms with Gasteiger partial charge in [0.25, 0.3) is 5.91 Å². The monoisotopic (exact) mass is 304 g/mol. The van der Waals surface area contributed by atoms with Crippen molar-refractivity contribution < 1.29 is 4.79 Å². The molecule has 1 heterocycles. The Kier molecular flexibility index (Phi) is 5.23. The van der Waals surface area contributed by atoms with E-state index in [1.807, 2.05) is 29.2 Å². The summed E-state index contributed by atoms with van der Waals surface area (Å²) in [5.74, 6) is 0.151. The molecule has 0 saturated heterocycles. The molecule has 0 bridgehead atoms. The van der Waals surface area contributed by atoms with E-state index in [4.69, 9.17) is 5.73 Å². The highest BCUT2D eigenvalue weighted by Crippen LogP contribution is 2.28. The minimum Gasteiger partial charge on any atom is -0.399 e. The van der Waals surface area contributed by atoms with E-state index >= 15 is 0 Å². The Bertz CT molecular complexity index is 620. The van der Waals surface area contributed by atoms with Crippen LogP contribution < -0.4 is 5.73 Å². The van der Waals surface area contributed by atoms with Gasteiger partial charge < -0.3 is 10.6 Å². The third-order valence-corrected chi connectivity index (χ3v) is 4.99. The molecule has 2 N–H and O–H groups in total. The van der Waals surface area contributed by atoms with Crippen molar-refractivity contribution in [2.75, 3.05) is 12.3 Å². The maximum atomic E-state index is 12.8. The maximum absolute atomic E-state index is 12.8. The molecule has 0 aliphatic carbocycles. The van der Waals surface area contributed by atoms with Crippen molar-refractivity contribution in [2.45, 2.75) is 46.1 Å². The van der Waals surface area contributed by atoms with Crippen LogP contribution in [0.4, 0.5) is 5.69 Å². The number of nitrogens with zero attached hydrogens (tertiary/aromatic N) is 1. The number of amides is 1. The van der Waals surface area contributed by atoms with Gasteiger partial charge in [-0.05, 0) is 49.4 Å². The van der Waals surface area contributed by atoms with Gasteiger partial charge in [0.2, 0.25) is 0 Å². The van der Waals surface area contributed by atoms with E-state index in [1.165, 1.54) is 0 Å². The summed E-state index contributed by atoms with van der Waals surface area (Å²) < 4.78 is 1.12. The fourth-order valence-electron chi connectivity index (χ4n) is 2.38. The number of thiophene rings is 1. The van der Waals surface area contributed by atoms with Crippen LogP contribution in [-0.2, 0) is 0 Å². The van der Waals surface area contributed by atoms with Crippen molar-refractivity contribution in [3.05, 3.63) is 29.1 Å². The molecule has 1 amide bonds. The minimum absolute atomic E-state index is 0.151. The summed E-state index contributed by atoms with van der Waals surface area (Å²) in [5.41, 5.74) is 6.55. The lowest BCUT2D eigenvalue weighted by Gasteiger charge is -2.28. The Morgan fingerprint density at radius 1 is 1.33 bits per heavy atom. The maximum Gasteiger partial charge on any atom is 0.264 e. The topological polar surface area (TPSA) is 46.3 Å². The van der Waals surface area contributed by atoms with E-state index in [9.17, 15) is 4.79 Å². The molecule has 1 aromatic heterocycles. The summed E-state index contributed by atoms with van der Waals surface area (Å²) in [5, 5.41) is 1.06. The first kappa shape index (κ1) is 15.8. The Labute approximate surface area is 130 Å². The van der Waals surface area contributed by atoms with Crippen LogP contribution >= 0.6 is 11.3 Å². The SMILES string of the molecule is CCCCN(C(=O)c1cc2cc(N)ccc2s1)C(C)CC. The molecule has 0 aliphatic rings. The lowest BCUT2D eigenvalue weighted by atomic mass is 10.1. The van der Waals surface area contributed by atoms with E-state index in [2.05, 4.69) is 20.8 Å². The number of carbonyl (C=O) groups excluding carboxylic acids is 1. The van der Waals surface area contributed by atoms with Gasteiger partial charge in [-0.15, -0.1) is 11.3 Å². The molecule has 2 aromatic rings. The Morgan fingerprint density at radius 2 is 2.10 bits per heavy atom. The summed E-state index contributed by atoms with van der Waals surface area (Å²) >= 11 is 1.56. The van der Waals surface area contributed by atoms with Crippen molar-refractivity contribution in [3.63, 3.8) is 0 Å². The lowest BCUT2D eigenvalue weighted by molar-refractivity contribution is 0.0690. The summed E-state index contributed by atoms with van der Waals surface area (Å²) in [4.78, 5) is 15.6. The molecule has 1 aromatic carbocycles. The summed E-state index contributed by atoms with van der Waals surface area (Å²) in [6.45, 7) is 7.24. The minimum atomic E-state index is 0.151. The zero-order chi connectivity index (χ0) is 15.4. The summed E-state index contributed by atoms with van der Waals surface area (Å²) in [6.07, 6.45) is 3.13. The highest BCUT2D eigenvalue weighted by atomic mass is 32.1. The molecule has 21 heavy (non-hydrogen) atoms. The van der Waals surface area contributed by atoms with Crippen LogP contribution in [0, 0.1) is 0 Å². The van der Waals surface area contributed by atoms with Crippen LogP contribution in [0.25, 0.3) is 10.1 Å². The smallest absolute Gasteiger partial charge is 0.264 e. The Hall–Kier alpha value is -1.55. The molecule has 3 nitrogen and oxygen atoms in total. The van der Waals surface area contributed by atoms with Gasteiger partial charge in [-0.25, -0.2) is 0 Å². The van der Waals surface area contributed by atoms with Gasteiger partial charge in [-0.1, -0.05) is 20.3 Å². The quantitative estimate of drug-likeness (QED) is 0.797. The molecule has 1 unspecified atom stereocenters. The lowest BCUT2D eigenvalue weighted by Crippen LogP contribution is -2.38. The summed E-state index contributed by atoms with van der Waals surface area (Å²) in [7, 11) is 0. The third kappa shape index (κ3) is 3.56. The van der Waals surface area contributed by atoms with Gasteiger partial charge in [-0.2, -0.15) is 0 Å². The molecule has 0 fully saturated rings. The number of fused-ring (bicyclic) bond motifs is 1. The standard InChI is InChI=1S/C17H24N2OS/c1-4-6-9-19(12(3)5-2)17(20)16-11-13-10-14(18)7-8-15(13)21-16/h7-8,10-12H,4-6,9,18H2,1-3H3. The van der Waals surface area contributed by atoms with Crippen LogP contribution in [0.1, 0.15) is 49.7 Å². The highest BCUT2D eigenvalue weighted by molar-refractivity contribution is 7.20. The average molecular weight is 304 g/mol. The van der Waals surface area contributed by atoms with E-state index in [0.717, 1.165) is 46.5 Å². The number of nitrogen functional groups attached to an aromatic ring is 1. The predicted octanol–water partition coefficient (Wildman–Crippen LogP) is 4.52. The molecule has 0 radical (unpaired) electrons. The third-order valence-electron chi connectivity index (χ3n) is 3.89. The first-order valence-electron chi connectivity index (χ1n) is 7.66. The van der Waals surface area contributed by atoms with Crippen LogP contribution in [0.3, 0.4) is 0 Å².